The molecule has 4 rings (SSSR count). The number of aromatic nitrogens is 1. The normalized spacial score (nSPS) is 14.7. The topological polar surface area (TPSA) is 110 Å². The maximum atomic E-state index is 12.7. The molecule has 1 aromatic heterocycles. The van der Waals surface area contributed by atoms with Gasteiger partial charge in [0.15, 0.2) is 0 Å². The van der Waals surface area contributed by atoms with Crippen molar-refractivity contribution in [2.24, 2.45) is 0 Å². The molecule has 0 radical (unpaired) electrons. The van der Waals surface area contributed by atoms with Crippen LogP contribution in [-0.4, -0.2) is 35.3 Å². The Morgan fingerprint density at radius 2 is 2.03 bits per heavy atom. The third-order valence-corrected chi connectivity index (χ3v) is 5.47. The van der Waals surface area contributed by atoms with Crippen LogP contribution >= 0.6 is 0 Å². The lowest BCUT2D eigenvalue weighted by Gasteiger charge is -2.22. The van der Waals surface area contributed by atoms with Crippen LogP contribution in [0, 0.1) is 10.1 Å². The van der Waals surface area contributed by atoms with Crippen LogP contribution < -0.4 is 5.73 Å². The number of hydrogen-bond acceptors (Lipinski definition) is 6. The molecule has 1 saturated heterocycles. The molecule has 1 aliphatic rings. The molecule has 2 N–H and O–H groups in total. The zero-order valence-electron chi connectivity index (χ0n) is 16.7. The molecule has 0 spiro atoms. The van der Waals surface area contributed by atoms with Crippen LogP contribution in [0.4, 0.5) is 11.4 Å². The van der Waals surface area contributed by atoms with Crippen LogP contribution in [0.3, 0.4) is 0 Å². The van der Waals surface area contributed by atoms with E-state index in [4.69, 9.17) is 15.2 Å². The average Bonchev–Trinajstić information content (AvgIpc) is 3.13. The Hall–Kier alpha value is -3.39. The number of hydrogen-bond donors (Lipinski definition) is 1. The van der Waals surface area contributed by atoms with E-state index in [-0.39, 0.29) is 29.4 Å². The summed E-state index contributed by atoms with van der Waals surface area (Å²) in [5.74, 6) is -0.155. The number of nitrogen functional groups attached to an aromatic ring is 1. The molecule has 8 nitrogen and oxygen atoms in total. The fraction of sp³-hybridized carbons (Fsp3) is 0.318. The van der Waals surface area contributed by atoms with Gasteiger partial charge in [0.1, 0.15) is 17.1 Å². The standard InChI is InChI=1S/C22H23N3O5/c1-2-30-22(26)20-13-16-12-15(14-8-10-29-11-9-14)6-7-18(16)24(20)19-5-3-4-17(23)21(19)25(27)28/h3-7,12-14H,2,8-11,23H2,1H3. The molecule has 8 heteroatoms. The van der Waals surface area contributed by atoms with Gasteiger partial charge in [-0.05, 0) is 61.6 Å². The third-order valence-electron chi connectivity index (χ3n) is 5.47. The Morgan fingerprint density at radius 1 is 1.27 bits per heavy atom. The van der Waals surface area contributed by atoms with E-state index in [1.165, 1.54) is 11.6 Å². The minimum Gasteiger partial charge on any atom is -0.461 e. The summed E-state index contributed by atoms with van der Waals surface area (Å²) in [4.78, 5) is 23.9. The van der Waals surface area contributed by atoms with Crippen molar-refractivity contribution < 1.29 is 19.2 Å². The average molecular weight is 409 g/mol. The largest absolute Gasteiger partial charge is 0.461 e. The Labute approximate surface area is 173 Å². The second kappa shape index (κ2) is 8.16. The molecule has 0 amide bonds. The van der Waals surface area contributed by atoms with E-state index in [1.54, 1.807) is 29.7 Å². The van der Waals surface area contributed by atoms with E-state index in [1.807, 2.05) is 18.2 Å². The second-order valence-corrected chi connectivity index (χ2v) is 7.26. The molecular formula is C22H23N3O5. The summed E-state index contributed by atoms with van der Waals surface area (Å²) in [5, 5.41) is 12.5. The van der Waals surface area contributed by atoms with Gasteiger partial charge in [0.25, 0.3) is 0 Å². The molecule has 1 fully saturated rings. The number of nitro groups is 1. The number of fused-ring (bicyclic) bond motifs is 1. The predicted octanol–water partition coefficient (Wildman–Crippen LogP) is 4.19. The predicted molar refractivity (Wildman–Crippen MR) is 113 cm³/mol. The second-order valence-electron chi connectivity index (χ2n) is 7.26. The summed E-state index contributed by atoms with van der Waals surface area (Å²) < 4.78 is 12.2. The minimum atomic E-state index is -0.543. The lowest BCUT2D eigenvalue weighted by molar-refractivity contribution is -0.383. The van der Waals surface area contributed by atoms with Gasteiger partial charge in [0, 0.05) is 18.6 Å². The van der Waals surface area contributed by atoms with Gasteiger partial charge in [-0.15, -0.1) is 0 Å². The molecule has 0 unspecified atom stereocenters. The molecule has 1 aliphatic heterocycles. The Balaban J connectivity index is 1.93. The monoisotopic (exact) mass is 409 g/mol. The Bertz CT molecular complexity index is 1120. The zero-order valence-corrected chi connectivity index (χ0v) is 16.7. The number of esters is 1. The molecule has 30 heavy (non-hydrogen) atoms. The molecule has 156 valence electrons. The highest BCUT2D eigenvalue weighted by molar-refractivity contribution is 5.98. The fourth-order valence-corrected chi connectivity index (χ4v) is 4.06. The minimum absolute atomic E-state index is 0.0352. The van der Waals surface area contributed by atoms with Gasteiger partial charge in [-0.3, -0.25) is 14.7 Å². The van der Waals surface area contributed by atoms with Crippen LogP contribution in [0.15, 0.2) is 42.5 Å². The molecule has 2 aromatic carbocycles. The maximum Gasteiger partial charge on any atom is 0.355 e. The third kappa shape index (κ3) is 3.50. The number of nitrogens with two attached hydrogens (primary N) is 1. The van der Waals surface area contributed by atoms with E-state index in [2.05, 4.69) is 0 Å². The Morgan fingerprint density at radius 3 is 2.73 bits per heavy atom. The summed E-state index contributed by atoms with van der Waals surface area (Å²) in [6.45, 7) is 3.38. The number of nitrogens with zero attached hydrogens (tertiary/aromatic N) is 2. The van der Waals surface area contributed by atoms with Crippen LogP contribution in [0.5, 0.6) is 0 Å². The lowest BCUT2D eigenvalue weighted by Crippen LogP contribution is -2.14. The van der Waals surface area contributed by atoms with Crippen LogP contribution in [0.2, 0.25) is 0 Å². The summed E-state index contributed by atoms with van der Waals surface area (Å²) in [6.07, 6.45) is 1.88. The number of nitro benzene ring substituents is 1. The first-order valence-corrected chi connectivity index (χ1v) is 9.94. The van der Waals surface area contributed by atoms with E-state index < -0.39 is 10.9 Å². The summed E-state index contributed by atoms with van der Waals surface area (Å²) >= 11 is 0. The first-order valence-electron chi connectivity index (χ1n) is 9.94. The van der Waals surface area contributed by atoms with Gasteiger partial charge in [-0.2, -0.15) is 0 Å². The fourth-order valence-electron chi connectivity index (χ4n) is 4.06. The number of rotatable bonds is 5. The van der Waals surface area contributed by atoms with Gasteiger partial charge in [-0.25, -0.2) is 4.79 Å². The van der Waals surface area contributed by atoms with Gasteiger partial charge < -0.3 is 15.2 Å². The molecule has 0 saturated carbocycles. The number of carbonyl (C=O) groups excluding carboxylic acids is 1. The van der Waals surface area contributed by atoms with E-state index in [9.17, 15) is 14.9 Å². The van der Waals surface area contributed by atoms with Crippen molar-refractivity contribution in [3.63, 3.8) is 0 Å². The molecule has 0 bridgehead atoms. The molecular weight excluding hydrogens is 386 g/mol. The summed E-state index contributed by atoms with van der Waals surface area (Å²) in [7, 11) is 0. The van der Waals surface area contributed by atoms with Gasteiger partial charge in [-0.1, -0.05) is 12.1 Å². The number of anilines is 1. The van der Waals surface area contributed by atoms with E-state index in [0.717, 1.165) is 31.4 Å². The number of carbonyl (C=O) groups is 1. The highest BCUT2D eigenvalue weighted by Crippen LogP contribution is 2.36. The van der Waals surface area contributed by atoms with E-state index >= 15 is 0 Å². The van der Waals surface area contributed by atoms with Gasteiger partial charge in [0.2, 0.25) is 0 Å². The summed E-state index contributed by atoms with van der Waals surface area (Å²) in [5.41, 5.74) is 8.00. The molecule has 0 atom stereocenters. The van der Waals surface area contributed by atoms with Crippen LogP contribution in [0.1, 0.15) is 41.7 Å². The van der Waals surface area contributed by atoms with Crippen molar-refractivity contribution in [2.75, 3.05) is 25.6 Å². The molecule has 0 aliphatic carbocycles. The van der Waals surface area contributed by atoms with Gasteiger partial charge >= 0.3 is 11.7 Å². The first-order chi connectivity index (χ1) is 14.5. The highest BCUT2D eigenvalue weighted by atomic mass is 16.6. The quantitative estimate of drug-likeness (QED) is 0.293. The summed E-state index contributed by atoms with van der Waals surface area (Å²) in [6, 6.07) is 12.4. The molecule has 3 aromatic rings. The first kappa shape index (κ1) is 19.9. The van der Waals surface area contributed by atoms with Crippen molar-refractivity contribution in [2.45, 2.75) is 25.7 Å². The van der Waals surface area contributed by atoms with Crippen molar-refractivity contribution in [1.29, 1.82) is 0 Å². The molecule has 2 heterocycles. The van der Waals surface area contributed by atoms with E-state index in [0.29, 0.717) is 11.4 Å². The SMILES string of the molecule is CCOC(=O)c1cc2cc(C3CCOCC3)ccc2n1-c1cccc(N)c1[N+](=O)[O-]. The Kier molecular flexibility index (Phi) is 5.41. The smallest absolute Gasteiger partial charge is 0.355 e. The van der Waals surface area contributed by atoms with Crippen molar-refractivity contribution in [3.05, 3.63) is 63.8 Å². The maximum absolute atomic E-state index is 12.7. The van der Waals surface area contributed by atoms with Crippen molar-refractivity contribution in [1.82, 2.24) is 4.57 Å². The van der Waals surface area contributed by atoms with Crippen LogP contribution in [-0.2, 0) is 9.47 Å². The highest BCUT2D eigenvalue weighted by Gasteiger charge is 2.26. The lowest BCUT2D eigenvalue weighted by atomic mass is 9.91. The number of benzene rings is 2. The number of para-hydroxylation sites is 1. The zero-order chi connectivity index (χ0) is 21.3. The van der Waals surface area contributed by atoms with Crippen molar-refractivity contribution >= 4 is 28.2 Å². The van der Waals surface area contributed by atoms with Crippen LogP contribution in [0.25, 0.3) is 16.6 Å². The van der Waals surface area contributed by atoms with Gasteiger partial charge in [0.05, 0.1) is 17.0 Å². The van der Waals surface area contributed by atoms with Crippen molar-refractivity contribution in [3.8, 4) is 5.69 Å². The number of ether oxygens (including phenoxy) is 2.